The second-order valence-corrected chi connectivity index (χ2v) is 5.27. The standard InChI is InChI=1S/C10H12FN3O2S/c1-3-8-13-10(17(15,16)12-2)9-7(11)5-4-6-14(8)9/h4-6,12H,3H2,1-2H3. The minimum Gasteiger partial charge on any atom is -0.300 e. The molecule has 1 N–H and O–H groups in total. The van der Waals surface area contributed by atoms with Gasteiger partial charge in [0.25, 0.3) is 10.0 Å². The maximum absolute atomic E-state index is 13.7. The number of pyridine rings is 1. The summed E-state index contributed by atoms with van der Waals surface area (Å²) >= 11 is 0. The van der Waals surface area contributed by atoms with Gasteiger partial charge in [-0.2, -0.15) is 0 Å². The highest BCUT2D eigenvalue weighted by Crippen LogP contribution is 2.21. The minimum absolute atomic E-state index is 0.0151. The Morgan fingerprint density at radius 1 is 1.53 bits per heavy atom. The van der Waals surface area contributed by atoms with Crippen LogP contribution in [-0.2, 0) is 16.4 Å². The van der Waals surface area contributed by atoms with Gasteiger partial charge in [0.1, 0.15) is 17.2 Å². The molecule has 2 rings (SSSR count). The fraction of sp³-hybridized carbons (Fsp3) is 0.300. The summed E-state index contributed by atoms with van der Waals surface area (Å²) < 4.78 is 40.8. The lowest BCUT2D eigenvalue weighted by Gasteiger charge is -2.00. The van der Waals surface area contributed by atoms with Crippen LogP contribution in [0.25, 0.3) is 5.52 Å². The van der Waals surface area contributed by atoms with Crippen molar-refractivity contribution in [3.8, 4) is 0 Å². The van der Waals surface area contributed by atoms with Gasteiger partial charge >= 0.3 is 0 Å². The molecule has 0 aliphatic carbocycles. The Bertz CT molecular complexity index is 663. The van der Waals surface area contributed by atoms with Crippen LogP contribution >= 0.6 is 0 Å². The molecular formula is C10H12FN3O2S. The van der Waals surface area contributed by atoms with Crippen molar-refractivity contribution >= 4 is 15.5 Å². The van der Waals surface area contributed by atoms with Crippen LogP contribution in [-0.4, -0.2) is 24.9 Å². The number of aromatic nitrogens is 2. The fourth-order valence-corrected chi connectivity index (χ4v) is 2.53. The van der Waals surface area contributed by atoms with Gasteiger partial charge in [-0.1, -0.05) is 6.92 Å². The first-order valence-corrected chi connectivity index (χ1v) is 6.58. The quantitative estimate of drug-likeness (QED) is 0.890. The summed E-state index contributed by atoms with van der Waals surface area (Å²) in [4.78, 5) is 3.98. The van der Waals surface area contributed by atoms with Crippen LogP contribution in [0.5, 0.6) is 0 Å². The highest BCUT2D eigenvalue weighted by atomic mass is 32.2. The van der Waals surface area contributed by atoms with E-state index >= 15 is 0 Å². The van der Waals surface area contributed by atoms with Crippen molar-refractivity contribution in [1.82, 2.24) is 14.1 Å². The van der Waals surface area contributed by atoms with Crippen LogP contribution in [0.2, 0.25) is 0 Å². The number of aryl methyl sites for hydroxylation is 1. The average Bonchev–Trinajstić information content (AvgIpc) is 2.70. The topological polar surface area (TPSA) is 63.5 Å². The van der Waals surface area contributed by atoms with Gasteiger partial charge in [-0.05, 0) is 19.2 Å². The van der Waals surface area contributed by atoms with Crippen LogP contribution < -0.4 is 4.72 Å². The van der Waals surface area contributed by atoms with E-state index in [2.05, 4.69) is 9.71 Å². The monoisotopic (exact) mass is 257 g/mol. The number of hydrogen-bond acceptors (Lipinski definition) is 3. The Kier molecular flexibility index (Phi) is 2.88. The van der Waals surface area contributed by atoms with Gasteiger partial charge in [-0.15, -0.1) is 0 Å². The number of rotatable bonds is 3. The van der Waals surface area contributed by atoms with Crippen LogP contribution in [0.3, 0.4) is 0 Å². The molecule has 92 valence electrons. The Balaban J connectivity index is 2.90. The van der Waals surface area contributed by atoms with Crippen molar-refractivity contribution in [3.05, 3.63) is 30.0 Å². The van der Waals surface area contributed by atoms with Gasteiger partial charge in [0.2, 0.25) is 0 Å². The zero-order chi connectivity index (χ0) is 12.6. The molecule has 0 amide bonds. The number of imidazole rings is 1. The molecule has 7 heteroatoms. The fourth-order valence-electron chi connectivity index (χ4n) is 1.66. The summed E-state index contributed by atoms with van der Waals surface area (Å²) in [7, 11) is -2.49. The number of sulfonamides is 1. The summed E-state index contributed by atoms with van der Waals surface area (Å²) in [6.07, 6.45) is 2.11. The van der Waals surface area contributed by atoms with E-state index in [4.69, 9.17) is 0 Å². The molecule has 2 heterocycles. The van der Waals surface area contributed by atoms with E-state index in [9.17, 15) is 12.8 Å². The van der Waals surface area contributed by atoms with Crippen molar-refractivity contribution in [2.24, 2.45) is 0 Å². The third-order valence-corrected chi connectivity index (χ3v) is 3.83. The molecule has 0 spiro atoms. The Morgan fingerprint density at radius 3 is 2.82 bits per heavy atom. The van der Waals surface area contributed by atoms with Gasteiger partial charge in [-0.25, -0.2) is 22.5 Å². The first-order valence-electron chi connectivity index (χ1n) is 5.10. The van der Waals surface area contributed by atoms with E-state index in [1.54, 1.807) is 6.20 Å². The molecule has 0 bridgehead atoms. The van der Waals surface area contributed by atoms with Crippen LogP contribution in [0, 0.1) is 5.82 Å². The molecule has 0 aromatic carbocycles. The van der Waals surface area contributed by atoms with Gasteiger partial charge < -0.3 is 0 Å². The van der Waals surface area contributed by atoms with Crippen LogP contribution in [0.15, 0.2) is 23.4 Å². The molecule has 2 aromatic heterocycles. The largest absolute Gasteiger partial charge is 0.300 e. The molecule has 2 aromatic rings. The van der Waals surface area contributed by atoms with Gasteiger partial charge in [0.15, 0.2) is 5.03 Å². The number of nitrogens with zero attached hydrogens (tertiary/aromatic N) is 2. The maximum Gasteiger partial charge on any atom is 0.260 e. The van der Waals surface area contributed by atoms with Gasteiger partial charge in [0.05, 0.1) is 0 Å². The lowest BCUT2D eigenvalue weighted by atomic mass is 10.4. The third kappa shape index (κ3) is 1.81. The van der Waals surface area contributed by atoms with Crippen molar-refractivity contribution in [1.29, 1.82) is 0 Å². The third-order valence-electron chi connectivity index (χ3n) is 2.50. The molecule has 0 unspecified atom stereocenters. The predicted molar refractivity (Wildman–Crippen MR) is 60.8 cm³/mol. The second kappa shape index (κ2) is 4.08. The highest BCUT2D eigenvalue weighted by molar-refractivity contribution is 7.89. The SMILES string of the molecule is CCc1nc(S(=O)(=O)NC)c2c(F)cccn12. The summed E-state index contributed by atoms with van der Waals surface area (Å²) in [6.45, 7) is 1.83. The number of nitrogens with one attached hydrogen (secondary N) is 1. The molecule has 0 aliphatic heterocycles. The molecule has 0 saturated heterocycles. The maximum atomic E-state index is 13.7. The summed E-state index contributed by atoms with van der Waals surface area (Å²) in [6, 6.07) is 2.73. The summed E-state index contributed by atoms with van der Waals surface area (Å²) in [5.74, 6) is -0.0955. The van der Waals surface area contributed by atoms with E-state index in [-0.39, 0.29) is 10.5 Å². The normalized spacial score (nSPS) is 12.2. The Labute approximate surface area is 98.3 Å². The lowest BCUT2D eigenvalue weighted by Crippen LogP contribution is -2.19. The van der Waals surface area contributed by atoms with E-state index in [0.717, 1.165) is 0 Å². The predicted octanol–water partition coefficient (Wildman–Crippen LogP) is 0.944. The number of halogens is 1. The molecule has 0 fully saturated rings. The molecule has 0 radical (unpaired) electrons. The van der Waals surface area contributed by atoms with Crippen LogP contribution in [0.1, 0.15) is 12.7 Å². The molecule has 0 atom stereocenters. The molecular weight excluding hydrogens is 245 g/mol. The van der Waals surface area contributed by atoms with E-state index in [1.807, 2.05) is 6.92 Å². The zero-order valence-electron chi connectivity index (χ0n) is 9.44. The highest BCUT2D eigenvalue weighted by Gasteiger charge is 2.23. The number of fused-ring (bicyclic) bond motifs is 1. The Hall–Kier alpha value is -1.47. The Morgan fingerprint density at radius 2 is 2.24 bits per heavy atom. The van der Waals surface area contributed by atoms with E-state index in [1.165, 1.54) is 23.6 Å². The van der Waals surface area contributed by atoms with Gasteiger partial charge in [-0.3, -0.25) is 4.40 Å². The molecule has 17 heavy (non-hydrogen) atoms. The number of hydrogen-bond donors (Lipinski definition) is 1. The first-order chi connectivity index (χ1) is 8.01. The second-order valence-electron chi connectivity index (χ2n) is 3.47. The van der Waals surface area contributed by atoms with Crippen molar-refractivity contribution in [2.75, 3.05) is 7.05 Å². The van der Waals surface area contributed by atoms with Crippen LogP contribution in [0.4, 0.5) is 4.39 Å². The minimum atomic E-state index is -3.76. The smallest absolute Gasteiger partial charge is 0.260 e. The average molecular weight is 257 g/mol. The van der Waals surface area contributed by atoms with E-state index < -0.39 is 15.8 Å². The van der Waals surface area contributed by atoms with Crippen molar-refractivity contribution in [3.63, 3.8) is 0 Å². The summed E-state index contributed by atoms with van der Waals surface area (Å²) in [5, 5.41) is -0.269. The van der Waals surface area contributed by atoms with E-state index in [0.29, 0.717) is 12.2 Å². The van der Waals surface area contributed by atoms with Gasteiger partial charge in [0, 0.05) is 12.6 Å². The first kappa shape index (κ1) is 12.0. The molecule has 0 saturated carbocycles. The van der Waals surface area contributed by atoms with Crippen molar-refractivity contribution in [2.45, 2.75) is 18.4 Å². The molecule has 5 nitrogen and oxygen atoms in total. The summed E-state index contributed by atoms with van der Waals surface area (Å²) in [5.41, 5.74) is -0.0151. The zero-order valence-corrected chi connectivity index (χ0v) is 10.3. The molecule has 0 aliphatic rings. The van der Waals surface area contributed by atoms with Crippen molar-refractivity contribution < 1.29 is 12.8 Å². The lowest BCUT2D eigenvalue weighted by molar-refractivity contribution is 0.583.